The topological polar surface area (TPSA) is 127 Å². The summed E-state index contributed by atoms with van der Waals surface area (Å²) >= 11 is 0. The molecule has 3 amide bonds. The first-order valence-electron chi connectivity index (χ1n) is 10.9. The van der Waals surface area contributed by atoms with Crippen LogP contribution in [0.2, 0.25) is 0 Å². The van der Waals surface area contributed by atoms with E-state index in [2.05, 4.69) is 26.0 Å². The van der Waals surface area contributed by atoms with E-state index in [0.29, 0.717) is 11.4 Å². The van der Waals surface area contributed by atoms with Crippen molar-refractivity contribution in [2.24, 2.45) is 5.92 Å². The Hall–Kier alpha value is -4.21. The number of hydrogen-bond donors (Lipinski definition) is 3. The number of hydrogen-bond acceptors (Lipinski definition) is 6. The Morgan fingerprint density at radius 3 is 2.09 bits per heavy atom. The van der Waals surface area contributed by atoms with Gasteiger partial charge in [0.05, 0.1) is 0 Å². The maximum atomic E-state index is 12.8. The number of aromatic nitrogens is 3. The molecule has 2 atom stereocenters. The van der Waals surface area contributed by atoms with Crippen molar-refractivity contribution in [2.75, 3.05) is 10.6 Å². The van der Waals surface area contributed by atoms with E-state index >= 15 is 0 Å². The van der Waals surface area contributed by atoms with E-state index in [9.17, 15) is 14.4 Å². The van der Waals surface area contributed by atoms with Crippen molar-refractivity contribution in [3.63, 3.8) is 0 Å². The molecule has 0 aliphatic rings. The Labute approximate surface area is 197 Å². The molecular formula is C24H28N6O4. The molecule has 178 valence electrons. The number of alkyl carbamates (subject to hydrolysis) is 1. The standard InChI is InChI=1S/C24H28N6O4/c1-16(2)21(29-24(33)34-13-18-7-5-4-6-8-18)23(32)28-20-11-9-19(10-12-20)27-22(31)17(3)30-15-25-14-26-30/h4-12,14-17,21H,13H2,1-3H3,(H,27,31)(H,28,32)(H,29,33)/t17?,21-/m0/s1. The van der Waals surface area contributed by atoms with Crippen molar-refractivity contribution in [3.8, 4) is 0 Å². The number of carbonyl (C=O) groups is 3. The summed E-state index contributed by atoms with van der Waals surface area (Å²) in [5.74, 6) is -0.787. The van der Waals surface area contributed by atoms with Gasteiger partial charge in [0, 0.05) is 11.4 Å². The van der Waals surface area contributed by atoms with Gasteiger partial charge in [-0.1, -0.05) is 44.2 Å². The lowest BCUT2D eigenvalue weighted by Crippen LogP contribution is -2.47. The van der Waals surface area contributed by atoms with Crippen LogP contribution in [-0.4, -0.2) is 38.7 Å². The van der Waals surface area contributed by atoms with Crippen LogP contribution < -0.4 is 16.0 Å². The minimum atomic E-state index is -0.786. The van der Waals surface area contributed by atoms with Crippen LogP contribution in [0.3, 0.4) is 0 Å². The van der Waals surface area contributed by atoms with E-state index in [1.807, 2.05) is 44.2 Å². The first-order chi connectivity index (χ1) is 16.3. The molecule has 0 fully saturated rings. The molecule has 34 heavy (non-hydrogen) atoms. The van der Waals surface area contributed by atoms with Crippen LogP contribution in [0, 0.1) is 5.92 Å². The molecule has 1 unspecified atom stereocenters. The van der Waals surface area contributed by atoms with Crippen LogP contribution in [-0.2, 0) is 20.9 Å². The molecule has 0 spiro atoms. The number of rotatable bonds is 9. The molecule has 0 aliphatic heterocycles. The molecule has 0 radical (unpaired) electrons. The number of benzene rings is 2. The van der Waals surface area contributed by atoms with Gasteiger partial charge < -0.3 is 20.7 Å². The molecule has 0 aliphatic carbocycles. The molecule has 3 rings (SSSR count). The van der Waals surface area contributed by atoms with E-state index in [4.69, 9.17) is 4.74 Å². The van der Waals surface area contributed by atoms with Gasteiger partial charge in [-0.3, -0.25) is 9.59 Å². The number of amides is 3. The third kappa shape index (κ3) is 6.89. The summed E-state index contributed by atoms with van der Waals surface area (Å²) in [7, 11) is 0. The molecule has 3 N–H and O–H groups in total. The van der Waals surface area contributed by atoms with Crippen LogP contribution in [0.5, 0.6) is 0 Å². The van der Waals surface area contributed by atoms with Crippen molar-refractivity contribution in [3.05, 3.63) is 72.8 Å². The summed E-state index contributed by atoms with van der Waals surface area (Å²) in [4.78, 5) is 41.2. The van der Waals surface area contributed by atoms with Crippen molar-refractivity contribution < 1.29 is 19.1 Å². The smallest absolute Gasteiger partial charge is 0.408 e. The Morgan fingerprint density at radius 1 is 0.912 bits per heavy atom. The molecule has 10 heteroatoms. The SMILES string of the molecule is CC(C)[C@H](NC(=O)OCc1ccccc1)C(=O)Nc1ccc(NC(=O)C(C)n2cncn2)cc1. The van der Waals surface area contributed by atoms with E-state index in [1.54, 1.807) is 31.2 Å². The summed E-state index contributed by atoms with van der Waals surface area (Å²) in [5.41, 5.74) is 1.95. The highest BCUT2D eigenvalue weighted by atomic mass is 16.5. The van der Waals surface area contributed by atoms with Crippen LogP contribution in [0.15, 0.2) is 67.3 Å². The third-order valence-electron chi connectivity index (χ3n) is 5.07. The summed E-state index contributed by atoms with van der Waals surface area (Å²) in [6, 6.07) is 14.7. The molecule has 3 aromatic rings. The zero-order valence-corrected chi connectivity index (χ0v) is 19.3. The second kappa shape index (κ2) is 11.6. The minimum Gasteiger partial charge on any atom is -0.445 e. The zero-order chi connectivity index (χ0) is 24.5. The van der Waals surface area contributed by atoms with Crippen LogP contribution in [0.25, 0.3) is 0 Å². The van der Waals surface area contributed by atoms with Crippen LogP contribution >= 0.6 is 0 Å². The highest BCUT2D eigenvalue weighted by molar-refractivity contribution is 5.97. The summed E-state index contributed by atoms with van der Waals surface area (Å²) in [5, 5.41) is 12.2. The number of nitrogens with one attached hydrogen (secondary N) is 3. The second-order valence-corrected chi connectivity index (χ2v) is 8.04. The van der Waals surface area contributed by atoms with E-state index < -0.39 is 18.2 Å². The molecule has 0 saturated heterocycles. The maximum Gasteiger partial charge on any atom is 0.408 e. The van der Waals surface area contributed by atoms with Crippen molar-refractivity contribution in [2.45, 2.75) is 39.5 Å². The fourth-order valence-corrected chi connectivity index (χ4v) is 3.07. The molecular weight excluding hydrogens is 436 g/mol. The highest BCUT2D eigenvalue weighted by Crippen LogP contribution is 2.16. The largest absolute Gasteiger partial charge is 0.445 e. The first kappa shape index (κ1) is 24.4. The van der Waals surface area contributed by atoms with Gasteiger partial charge in [0.1, 0.15) is 31.3 Å². The van der Waals surface area contributed by atoms with Crippen molar-refractivity contribution in [1.82, 2.24) is 20.1 Å². The molecule has 1 heterocycles. The molecule has 10 nitrogen and oxygen atoms in total. The molecule has 0 saturated carbocycles. The number of nitrogens with zero attached hydrogens (tertiary/aromatic N) is 3. The first-order valence-corrected chi connectivity index (χ1v) is 10.9. The fraction of sp³-hybridized carbons (Fsp3) is 0.292. The van der Waals surface area contributed by atoms with E-state index in [-0.39, 0.29) is 24.3 Å². The lowest BCUT2D eigenvalue weighted by atomic mass is 10.0. The van der Waals surface area contributed by atoms with Gasteiger partial charge in [0.2, 0.25) is 11.8 Å². The Bertz CT molecular complexity index is 1080. The lowest BCUT2D eigenvalue weighted by Gasteiger charge is -2.21. The molecule has 2 aromatic carbocycles. The van der Waals surface area contributed by atoms with Crippen molar-refractivity contribution in [1.29, 1.82) is 0 Å². The van der Waals surface area contributed by atoms with Crippen molar-refractivity contribution >= 4 is 29.3 Å². The zero-order valence-electron chi connectivity index (χ0n) is 19.3. The Morgan fingerprint density at radius 2 is 1.53 bits per heavy atom. The van der Waals surface area contributed by atoms with Gasteiger partial charge >= 0.3 is 6.09 Å². The quantitative estimate of drug-likeness (QED) is 0.446. The normalized spacial score (nSPS) is 12.5. The molecule has 1 aromatic heterocycles. The maximum absolute atomic E-state index is 12.8. The average Bonchev–Trinajstić information content (AvgIpc) is 3.37. The van der Waals surface area contributed by atoms with Gasteiger partial charge in [-0.25, -0.2) is 14.5 Å². The summed E-state index contributed by atoms with van der Waals surface area (Å²) < 4.78 is 6.68. The fourth-order valence-electron chi connectivity index (χ4n) is 3.07. The lowest BCUT2D eigenvalue weighted by molar-refractivity contribution is -0.119. The molecule has 0 bridgehead atoms. The second-order valence-electron chi connectivity index (χ2n) is 8.04. The van der Waals surface area contributed by atoms with Crippen LogP contribution in [0.4, 0.5) is 16.2 Å². The Balaban J connectivity index is 1.52. The van der Waals surface area contributed by atoms with Crippen LogP contribution in [0.1, 0.15) is 32.4 Å². The van der Waals surface area contributed by atoms with Gasteiger partial charge in [-0.2, -0.15) is 5.10 Å². The summed E-state index contributed by atoms with van der Waals surface area (Å²) in [6.45, 7) is 5.48. The Kier molecular flexibility index (Phi) is 8.33. The predicted octanol–water partition coefficient (Wildman–Crippen LogP) is 3.37. The van der Waals surface area contributed by atoms with Gasteiger partial charge in [0.25, 0.3) is 0 Å². The van der Waals surface area contributed by atoms with Gasteiger partial charge in [-0.05, 0) is 42.7 Å². The predicted molar refractivity (Wildman–Crippen MR) is 127 cm³/mol. The highest BCUT2D eigenvalue weighted by Gasteiger charge is 2.25. The van der Waals surface area contributed by atoms with E-state index in [1.165, 1.54) is 17.3 Å². The van der Waals surface area contributed by atoms with E-state index in [0.717, 1.165) is 5.56 Å². The number of carbonyl (C=O) groups excluding carboxylic acids is 3. The number of ether oxygens (including phenoxy) is 1. The van der Waals surface area contributed by atoms with Gasteiger partial charge in [-0.15, -0.1) is 0 Å². The number of anilines is 2. The van der Waals surface area contributed by atoms with Gasteiger partial charge in [0.15, 0.2) is 0 Å². The minimum absolute atomic E-state index is 0.113. The summed E-state index contributed by atoms with van der Waals surface area (Å²) in [6.07, 6.45) is 2.17. The third-order valence-corrected chi connectivity index (χ3v) is 5.07. The average molecular weight is 465 g/mol. The monoisotopic (exact) mass is 464 g/mol.